The van der Waals surface area contributed by atoms with Crippen LogP contribution >= 0.6 is 0 Å². The first kappa shape index (κ1) is 15.8. The highest BCUT2D eigenvalue weighted by Crippen LogP contribution is 2.22. The lowest BCUT2D eigenvalue weighted by Crippen LogP contribution is -2.43. The van der Waals surface area contributed by atoms with Crippen LogP contribution in [0.1, 0.15) is 25.8 Å². The normalized spacial score (nSPS) is 11.6. The number of rotatable bonds is 6. The quantitative estimate of drug-likeness (QED) is 0.740. The minimum absolute atomic E-state index is 0.469. The van der Waals surface area contributed by atoms with Crippen molar-refractivity contribution in [2.45, 2.75) is 33.2 Å². The number of anilines is 1. The van der Waals surface area contributed by atoms with E-state index in [-0.39, 0.29) is 0 Å². The van der Waals surface area contributed by atoms with Crippen molar-refractivity contribution < 1.29 is 14.3 Å². The van der Waals surface area contributed by atoms with Crippen LogP contribution in [0.4, 0.5) is 10.5 Å². The zero-order valence-corrected chi connectivity index (χ0v) is 12.0. The maximum Gasteiger partial charge on any atom is 0.318 e. The highest BCUT2D eigenvalue weighted by molar-refractivity contribution is 5.97. The summed E-state index contributed by atoms with van der Waals surface area (Å²) in [6, 6.07) is 4.15. The molecular weight excluding hydrogens is 258 g/mol. The number of imide groups is 1. The van der Waals surface area contributed by atoms with Crippen LogP contribution in [0.3, 0.4) is 0 Å². The molecule has 6 heteroatoms. The Morgan fingerprint density at radius 2 is 2.10 bits per heavy atom. The first-order valence-corrected chi connectivity index (χ1v) is 6.54. The lowest BCUT2D eigenvalue weighted by Gasteiger charge is -2.16. The number of hydrogen-bond acceptors (Lipinski definition) is 4. The highest BCUT2D eigenvalue weighted by Gasteiger charge is 2.15. The number of carbonyl (C=O) groups excluding carboxylic acids is 2. The Balaban J connectivity index is 2.68. The second-order valence-corrected chi connectivity index (χ2v) is 4.54. The molecule has 4 N–H and O–H groups in total. The number of nitrogens with two attached hydrogens (primary N) is 1. The Morgan fingerprint density at radius 1 is 1.40 bits per heavy atom. The van der Waals surface area contributed by atoms with Gasteiger partial charge < -0.3 is 15.8 Å². The van der Waals surface area contributed by atoms with E-state index in [1.807, 2.05) is 37.4 Å². The second-order valence-electron chi connectivity index (χ2n) is 4.54. The van der Waals surface area contributed by atoms with Crippen molar-refractivity contribution >= 4 is 17.6 Å². The van der Waals surface area contributed by atoms with Crippen molar-refractivity contribution in [3.63, 3.8) is 0 Å². The topological polar surface area (TPSA) is 93.4 Å². The van der Waals surface area contributed by atoms with E-state index in [4.69, 9.17) is 10.5 Å². The molecule has 0 fully saturated rings. The summed E-state index contributed by atoms with van der Waals surface area (Å²) in [5, 5.41) is 5.06. The van der Waals surface area contributed by atoms with Gasteiger partial charge in [0.05, 0.1) is 6.61 Å². The number of ether oxygens (including phenoxy) is 1. The molecule has 110 valence electrons. The van der Waals surface area contributed by atoms with Crippen LogP contribution in [0.2, 0.25) is 0 Å². The fourth-order valence-electron chi connectivity index (χ4n) is 1.64. The summed E-state index contributed by atoms with van der Waals surface area (Å²) in [5.74, 6) is 0.326. The van der Waals surface area contributed by atoms with Gasteiger partial charge in [-0.15, -0.1) is 0 Å². The predicted molar refractivity (Wildman–Crippen MR) is 77.8 cm³/mol. The van der Waals surface area contributed by atoms with E-state index in [9.17, 15) is 9.59 Å². The van der Waals surface area contributed by atoms with Crippen LogP contribution < -0.4 is 21.1 Å². The van der Waals surface area contributed by atoms with E-state index < -0.39 is 18.0 Å². The summed E-state index contributed by atoms with van der Waals surface area (Å²) < 4.78 is 5.53. The van der Waals surface area contributed by atoms with E-state index in [0.29, 0.717) is 6.61 Å². The molecule has 1 aromatic rings. The Bertz CT molecular complexity index is 489. The third kappa shape index (κ3) is 4.79. The third-order valence-corrected chi connectivity index (χ3v) is 2.68. The van der Waals surface area contributed by atoms with Crippen molar-refractivity contribution in [3.8, 4) is 5.75 Å². The average Bonchev–Trinajstić information content (AvgIpc) is 2.38. The fourth-order valence-corrected chi connectivity index (χ4v) is 1.64. The molecule has 1 atom stereocenters. The van der Waals surface area contributed by atoms with Crippen molar-refractivity contribution in [1.29, 1.82) is 0 Å². The molecule has 0 saturated heterocycles. The molecular formula is C14H21N3O3. The molecule has 0 bridgehead atoms. The monoisotopic (exact) mass is 279 g/mol. The van der Waals surface area contributed by atoms with E-state index in [1.54, 1.807) is 6.92 Å². The van der Waals surface area contributed by atoms with Crippen LogP contribution in [-0.4, -0.2) is 24.6 Å². The van der Waals surface area contributed by atoms with E-state index in [2.05, 4.69) is 5.32 Å². The van der Waals surface area contributed by atoms with Crippen LogP contribution in [0.15, 0.2) is 18.2 Å². The van der Waals surface area contributed by atoms with Gasteiger partial charge in [0.15, 0.2) is 0 Å². The summed E-state index contributed by atoms with van der Waals surface area (Å²) in [6.07, 6.45) is 0.948. The Morgan fingerprint density at radius 3 is 2.65 bits per heavy atom. The van der Waals surface area contributed by atoms with Gasteiger partial charge >= 0.3 is 6.03 Å². The van der Waals surface area contributed by atoms with Gasteiger partial charge in [0.1, 0.15) is 11.8 Å². The van der Waals surface area contributed by atoms with Gasteiger partial charge in [-0.3, -0.25) is 10.1 Å². The maximum absolute atomic E-state index is 11.6. The zero-order valence-electron chi connectivity index (χ0n) is 12.0. The van der Waals surface area contributed by atoms with Crippen LogP contribution in [0, 0.1) is 6.92 Å². The fraction of sp³-hybridized carbons (Fsp3) is 0.429. The number of amides is 3. The number of benzene rings is 1. The van der Waals surface area contributed by atoms with Crippen molar-refractivity contribution in [2.24, 2.45) is 5.73 Å². The first-order valence-electron chi connectivity index (χ1n) is 6.54. The molecule has 0 spiro atoms. The highest BCUT2D eigenvalue weighted by atomic mass is 16.5. The standard InChI is InChI=1S/C14H21N3O3/c1-4-7-20-11-5-6-12(9(2)8-11)16-10(3)13(18)17-14(15)19/h5-6,8,10,16H,4,7H2,1-3H3,(H3,15,17,18,19)/t10-/m1/s1. The molecule has 0 saturated carbocycles. The van der Waals surface area contributed by atoms with Gasteiger partial charge in [0, 0.05) is 5.69 Å². The van der Waals surface area contributed by atoms with E-state index >= 15 is 0 Å². The molecule has 0 aliphatic rings. The zero-order chi connectivity index (χ0) is 15.1. The average molecular weight is 279 g/mol. The summed E-state index contributed by atoms with van der Waals surface area (Å²) in [5.41, 5.74) is 6.67. The maximum atomic E-state index is 11.6. The number of primary amides is 1. The molecule has 20 heavy (non-hydrogen) atoms. The van der Waals surface area contributed by atoms with Gasteiger partial charge in [-0.1, -0.05) is 6.92 Å². The van der Waals surface area contributed by atoms with Gasteiger partial charge in [0.2, 0.25) is 5.91 Å². The summed E-state index contributed by atoms with van der Waals surface area (Å²) in [4.78, 5) is 22.2. The van der Waals surface area contributed by atoms with Gasteiger partial charge in [-0.05, 0) is 44.0 Å². The lowest BCUT2D eigenvalue weighted by atomic mass is 10.1. The first-order chi connectivity index (χ1) is 9.43. The summed E-state index contributed by atoms with van der Waals surface area (Å²) in [7, 11) is 0. The third-order valence-electron chi connectivity index (χ3n) is 2.68. The SMILES string of the molecule is CCCOc1ccc(N[C@H](C)C(=O)NC(N)=O)c(C)c1. The molecule has 6 nitrogen and oxygen atoms in total. The summed E-state index contributed by atoms with van der Waals surface area (Å²) in [6.45, 7) is 6.28. The number of nitrogens with one attached hydrogen (secondary N) is 2. The van der Waals surface area contributed by atoms with Gasteiger partial charge in [0.25, 0.3) is 0 Å². The lowest BCUT2D eigenvalue weighted by molar-refractivity contribution is -0.120. The molecule has 0 aliphatic carbocycles. The molecule has 0 heterocycles. The molecule has 0 radical (unpaired) electrons. The Labute approximate surface area is 118 Å². The van der Waals surface area contributed by atoms with Gasteiger partial charge in [-0.2, -0.15) is 0 Å². The van der Waals surface area contributed by atoms with Crippen molar-refractivity contribution in [1.82, 2.24) is 5.32 Å². The molecule has 3 amide bonds. The molecule has 1 aromatic carbocycles. The molecule has 0 aliphatic heterocycles. The number of aryl methyl sites for hydroxylation is 1. The number of urea groups is 1. The minimum atomic E-state index is -0.858. The largest absolute Gasteiger partial charge is 0.494 e. The molecule has 0 unspecified atom stereocenters. The van der Waals surface area contributed by atoms with E-state index in [0.717, 1.165) is 23.4 Å². The van der Waals surface area contributed by atoms with Crippen molar-refractivity contribution in [3.05, 3.63) is 23.8 Å². The number of hydrogen-bond donors (Lipinski definition) is 3. The summed E-state index contributed by atoms with van der Waals surface area (Å²) >= 11 is 0. The molecule has 1 rings (SSSR count). The second kappa shape index (κ2) is 7.37. The predicted octanol–water partition coefficient (Wildman–Crippen LogP) is 1.78. The number of carbonyl (C=O) groups is 2. The van der Waals surface area contributed by atoms with Gasteiger partial charge in [-0.25, -0.2) is 4.79 Å². The van der Waals surface area contributed by atoms with Crippen LogP contribution in [0.5, 0.6) is 5.75 Å². The van der Waals surface area contributed by atoms with Crippen LogP contribution in [0.25, 0.3) is 0 Å². The minimum Gasteiger partial charge on any atom is -0.494 e. The smallest absolute Gasteiger partial charge is 0.318 e. The van der Waals surface area contributed by atoms with Crippen molar-refractivity contribution in [2.75, 3.05) is 11.9 Å². The Hall–Kier alpha value is -2.24. The van der Waals surface area contributed by atoms with E-state index in [1.165, 1.54) is 0 Å². The molecule has 0 aromatic heterocycles. The van der Waals surface area contributed by atoms with Crippen LogP contribution in [-0.2, 0) is 4.79 Å². The Kier molecular flexibility index (Phi) is 5.83.